The van der Waals surface area contributed by atoms with E-state index in [1.54, 1.807) is 0 Å². The van der Waals surface area contributed by atoms with E-state index in [1.807, 2.05) is 11.3 Å². The lowest BCUT2D eigenvalue weighted by atomic mass is 9.70. The second-order valence-electron chi connectivity index (χ2n) is 21.9. The average molecular weight is 1050 g/mol. The highest BCUT2D eigenvalue weighted by Crippen LogP contribution is 2.65. The number of hydrogen-bond acceptors (Lipinski definition) is 2. The normalized spacial score (nSPS) is 13.0. The monoisotopic (exact) mass is 1050 g/mol. The molecule has 0 aliphatic heterocycles. The Bertz CT molecular complexity index is 5260. The van der Waals surface area contributed by atoms with Gasteiger partial charge in [-0.15, -0.1) is 11.3 Å². The van der Waals surface area contributed by atoms with Crippen LogP contribution in [0.15, 0.2) is 285 Å². The molecule has 0 atom stereocenters. The van der Waals surface area contributed by atoms with Gasteiger partial charge < -0.3 is 14.0 Å². The van der Waals surface area contributed by atoms with Crippen LogP contribution in [-0.2, 0) is 5.41 Å². The first kappa shape index (κ1) is 44.7. The van der Waals surface area contributed by atoms with E-state index in [9.17, 15) is 0 Å². The third-order valence-corrected chi connectivity index (χ3v) is 19.0. The first-order valence-electron chi connectivity index (χ1n) is 28.0. The maximum Gasteiger partial charge on any atom is 0.0746 e. The van der Waals surface area contributed by atoms with Crippen molar-refractivity contribution in [2.24, 2.45) is 0 Å². The van der Waals surface area contributed by atoms with Gasteiger partial charge in [-0.3, -0.25) is 0 Å². The van der Waals surface area contributed by atoms with Gasteiger partial charge in [0.25, 0.3) is 0 Å². The van der Waals surface area contributed by atoms with Gasteiger partial charge in [0.2, 0.25) is 0 Å². The largest absolute Gasteiger partial charge is 0.310 e. The van der Waals surface area contributed by atoms with E-state index in [4.69, 9.17) is 0 Å². The van der Waals surface area contributed by atoms with Crippen molar-refractivity contribution in [2.75, 3.05) is 4.90 Å². The molecule has 3 heterocycles. The Hall–Kier alpha value is -10.3. The van der Waals surface area contributed by atoms with Crippen molar-refractivity contribution in [1.29, 1.82) is 0 Å². The number of hydrogen-bond donors (Lipinski definition) is 0. The van der Waals surface area contributed by atoms with Gasteiger partial charge in [0.05, 0.1) is 38.9 Å². The van der Waals surface area contributed by atoms with Crippen molar-refractivity contribution in [2.45, 2.75) is 5.41 Å². The second kappa shape index (κ2) is 16.9. The lowest BCUT2D eigenvalue weighted by molar-refractivity contribution is 0.793. The molecule has 4 heteroatoms. The van der Waals surface area contributed by atoms with Crippen LogP contribution >= 0.6 is 11.3 Å². The minimum atomic E-state index is -0.590. The van der Waals surface area contributed by atoms with Crippen LogP contribution in [0, 0.1) is 0 Å². The molecular weight excluding hydrogens is 999 g/mol. The molecule has 81 heavy (non-hydrogen) atoms. The third kappa shape index (κ3) is 6.17. The average Bonchev–Trinajstić information content (AvgIpc) is 2.15. The van der Waals surface area contributed by atoms with Gasteiger partial charge in [0.15, 0.2) is 0 Å². The van der Waals surface area contributed by atoms with Crippen LogP contribution in [0.5, 0.6) is 0 Å². The molecule has 376 valence electrons. The fourth-order valence-corrected chi connectivity index (χ4v) is 15.7. The molecule has 0 radical (unpaired) electrons. The Morgan fingerprint density at radius 2 is 0.815 bits per heavy atom. The number of nitrogens with zero attached hydrogens (tertiary/aromatic N) is 3. The van der Waals surface area contributed by atoms with E-state index in [2.05, 4.69) is 299 Å². The maximum atomic E-state index is 2.58. The molecule has 0 amide bonds. The molecule has 3 nitrogen and oxygen atoms in total. The molecule has 1 spiro atoms. The van der Waals surface area contributed by atoms with E-state index in [0.29, 0.717) is 0 Å². The molecule has 0 N–H and O–H groups in total. The Kier molecular flexibility index (Phi) is 9.31. The lowest BCUT2D eigenvalue weighted by Crippen LogP contribution is -2.28. The predicted molar refractivity (Wildman–Crippen MR) is 342 cm³/mol. The van der Waals surface area contributed by atoms with E-state index < -0.39 is 5.41 Å². The number of aromatic nitrogens is 2. The van der Waals surface area contributed by atoms with Crippen LogP contribution in [-0.4, -0.2) is 9.13 Å². The quantitative estimate of drug-likeness (QED) is 0.162. The van der Waals surface area contributed by atoms with Crippen molar-refractivity contribution in [3.8, 4) is 44.8 Å². The van der Waals surface area contributed by atoms with Gasteiger partial charge in [0.1, 0.15) is 0 Å². The number of rotatable bonds is 6. The summed E-state index contributed by atoms with van der Waals surface area (Å²) in [6.07, 6.45) is 0. The fraction of sp³-hybridized carbons (Fsp3) is 0.0130. The zero-order chi connectivity index (χ0) is 52.9. The highest BCUT2D eigenvalue weighted by Gasteiger charge is 2.53. The summed E-state index contributed by atoms with van der Waals surface area (Å²) in [5.41, 5.74) is 22.4. The zero-order valence-electron chi connectivity index (χ0n) is 43.9. The van der Waals surface area contributed by atoms with Gasteiger partial charge in [-0.05, 0) is 134 Å². The minimum Gasteiger partial charge on any atom is -0.310 e. The molecule has 0 saturated heterocycles. The maximum absolute atomic E-state index is 2.58. The van der Waals surface area contributed by atoms with Gasteiger partial charge in [-0.2, -0.15) is 0 Å². The van der Waals surface area contributed by atoms with E-state index >= 15 is 0 Å². The van der Waals surface area contributed by atoms with Crippen LogP contribution < -0.4 is 4.90 Å². The lowest BCUT2D eigenvalue weighted by Gasteiger charge is -2.36. The number of para-hydroxylation sites is 2. The molecule has 0 bridgehead atoms. The number of thiophene rings is 1. The molecule has 0 fully saturated rings. The van der Waals surface area contributed by atoms with Crippen molar-refractivity contribution in [3.63, 3.8) is 0 Å². The molecule has 16 aromatic rings. The molecule has 13 aromatic carbocycles. The highest BCUT2D eigenvalue weighted by atomic mass is 32.1. The van der Waals surface area contributed by atoms with E-state index in [-0.39, 0.29) is 0 Å². The second-order valence-corrected chi connectivity index (χ2v) is 23.0. The van der Waals surface area contributed by atoms with Gasteiger partial charge in [0, 0.05) is 69.7 Å². The summed E-state index contributed by atoms with van der Waals surface area (Å²) in [5.74, 6) is 0. The summed E-state index contributed by atoms with van der Waals surface area (Å²) >= 11 is 1.87. The summed E-state index contributed by atoms with van der Waals surface area (Å²) in [5, 5.41) is 9.88. The van der Waals surface area contributed by atoms with Crippen LogP contribution in [0.4, 0.5) is 17.1 Å². The summed E-state index contributed by atoms with van der Waals surface area (Å²) in [4.78, 5) is 2.58. The van der Waals surface area contributed by atoms with Gasteiger partial charge in [-0.1, -0.05) is 206 Å². The van der Waals surface area contributed by atoms with Crippen LogP contribution in [0.2, 0.25) is 0 Å². The molecule has 3 aromatic heterocycles. The topological polar surface area (TPSA) is 13.1 Å². The fourth-order valence-electron chi connectivity index (χ4n) is 14.6. The SMILES string of the molecule is c1ccc(-n2c3ccccc3c3ccc(N(c4ccc5c6ccc(-c7ccc8sc9ccccc9c8c7)cc6n(-c6cccc7ccccc67)c5c4)c4cccc5c4C4(c6ccccc6-c6ccccc64)c4ccccc4-5)cc32)cc1. The van der Waals surface area contributed by atoms with Gasteiger partial charge >= 0.3 is 0 Å². The Morgan fingerprint density at radius 3 is 1.56 bits per heavy atom. The Morgan fingerprint density at radius 1 is 0.309 bits per heavy atom. The molecule has 0 saturated carbocycles. The predicted octanol–water partition coefficient (Wildman–Crippen LogP) is 20.9. The summed E-state index contributed by atoms with van der Waals surface area (Å²) in [6, 6.07) is 107. The first-order chi connectivity index (χ1) is 40.2. The standard InChI is InChI=1S/C77H47N3S/c1-2-20-51(21-3-1)79-69-32-14-9-26-58(69)60-41-38-52(46-72(60)79)78(70-34-17-28-63-57-25-8-13-31-67(57)77(76(63)70)65-29-11-6-23-55(65)56-24-7-12-30-66(56)77)53-39-42-61-59-40-36-50(49-37-43-75-64(44-49)62-27-10-15-35-74(62)81-75)45-71(59)80(73(61)47-53)68-33-16-19-48-18-4-5-22-54(48)68/h1-47H. The van der Waals surface area contributed by atoms with Crippen molar-refractivity contribution >= 4 is 103 Å². The Labute approximate surface area is 471 Å². The molecule has 18 rings (SSSR count). The van der Waals surface area contributed by atoms with Crippen LogP contribution in [0.1, 0.15) is 22.3 Å². The summed E-state index contributed by atoms with van der Waals surface area (Å²) in [7, 11) is 0. The number of anilines is 3. The highest BCUT2D eigenvalue weighted by molar-refractivity contribution is 7.25. The number of benzene rings is 13. The Balaban J connectivity index is 0.945. The third-order valence-electron chi connectivity index (χ3n) is 17.9. The number of fused-ring (bicyclic) bond motifs is 20. The van der Waals surface area contributed by atoms with Gasteiger partial charge in [-0.25, -0.2) is 0 Å². The van der Waals surface area contributed by atoms with Crippen molar-refractivity contribution in [3.05, 3.63) is 307 Å². The molecule has 2 aliphatic carbocycles. The minimum absolute atomic E-state index is 0.590. The van der Waals surface area contributed by atoms with Crippen LogP contribution in [0.3, 0.4) is 0 Å². The first-order valence-corrected chi connectivity index (χ1v) is 28.8. The van der Waals surface area contributed by atoms with E-state index in [0.717, 1.165) is 39.5 Å². The van der Waals surface area contributed by atoms with Crippen molar-refractivity contribution < 1.29 is 0 Å². The molecule has 0 unspecified atom stereocenters. The molecule has 2 aliphatic rings. The summed E-state index contributed by atoms with van der Waals surface area (Å²) in [6.45, 7) is 0. The summed E-state index contributed by atoms with van der Waals surface area (Å²) < 4.78 is 7.62. The van der Waals surface area contributed by atoms with Crippen LogP contribution in [0.25, 0.3) is 119 Å². The smallest absolute Gasteiger partial charge is 0.0746 e. The zero-order valence-corrected chi connectivity index (χ0v) is 44.7. The molecular formula is C77H47N3S. The van der Waals surface area contributed by atoms with Crippen molar-refractivity contribution in [1.82, 2.24) is 9.13 Å². The van der Waals surface area contributed by atoms with E-state index in [1.165, 1.54) is 119 Å².